The van der Waals surface area contributed by atoms with Crippen LogP contribution >= 0.6 is 35.6 Å². The van der Waals surface area contributed by atoms with E-state index >= 15 is 0 Å². The number of thiocarbonyl (C=S) groups is 1. The lowest BCUT2D eigenvalue weighted by Gasteiger charge is -2.14. The molecular weight excluding hydrogens is 444 g/mol. The fraction of sp³-hybridized carbons (Fsp3) is 0.190. The number of phenols is 1. The predicted molar refractivity (Wildman–Crippen MR) is 124 cm³/mol. The highest BCUT2D eigenvalue weighted by Gasteiger charge is 2.32. The molecule has 0 atom stereocenters. The topological polar surface area (TPSA) is 78.9 Å². The average molecular weight is 463 g/mol. The van der Waals surface area contributed by atoms with E-state index in [9.17, 15) is 14.7 Å². The van der Waals surface area contributed by atoms with Crippen LogP contribution in [0.3, 0.4) is 0 Å². The maximum absolute atomic E-state index is 12.7. The SMILES string of the molecule is CCOc1ccc(/C=C2/SC(=S)N(CCC(=O)Nc3cc(Cl)ccc3O)C2=O)cc1. The Morgan fingerprint density at radius 3 is 2.73 bits per heavy atom. The Balaban J connectivity index is 1.60. The van der Waals surface area contributed by atoms with E-state index in [1.54, 1.807) is 6.08 Å². The van der Waals surface area contributed by atoms with Gasteiger partial charge < -0.3 is 15.2 Å². The van der Waals surface area contributed by atoms with E-state index in [4.69, 9.17) is 28.6 Å². The van der Waals surface area contributed by atoms with Crippen molar-refractivity contribution in [3.8, 4) is 11.5 Å². The Hall–Kier alpha value is -2.55. The monoisotopic (exact) mass is 462 g/mol. The van der Waals surface area contributed by atoms with E-state index in [0.29, 0.717) is 20.9 Å². The Labute approximate surface area is 188 Å². The minimum absolute atomic E-state index is 0.0225. The maximum atomic E-state index is 12.7. The number of thioether (sulfide) groups is 1. The van der Waals surface area contributed by atoms with Crippen molar-refractivity contribution in [3.63, 3.8) is 0 Å². The molecular formula is C21H19ClN2O4S2. The summed E-state index contributed by atoms with van der Waals surface area (Å²) in [5.74, 6) is 0.0741. The van der Waals surface area contributed by atoms with Crippen LogP contribution in [0.1, 0.15) is 18.9 Å². The van der Waals surface area contributed by atoms with Gasteiger partial charge in [-0.3, -0.25) is 14.5 Å². The van der Waals surface area contributed by atoms with Gasteiger partial charge in [-0.25, -0.2) is 0 Å². The number of nitrogens with one attached hydrogen (secondary N) is 1. The Kier molecular flexibility index (Phi) is 7.36. The zero-order valence-corrected chi connectivity index (χ0v) is 18.4. The molecule has 2 aromatic rings. The molecule has 0 spiro atoms. The Morgan fingerprint density at radius 1 is 1.30 bits per heavy atom. The number of halogens is 1. The van der Waals surface area contributed by atoms with Gasteiger partial charge in [-0.2, -0.15) is 0 Å². The van der Waals surface area contributed by atoms with E-state index in [-0.39, 0.29) is 36.2 Å². The molecule has 0 aliphatic carbocycles. The van der Waals surface area contributed by atoms with Crippen LogP contribution in [0.5, 0.6) is 11.5 Å². The van der Waals surface area contributed by atoms with Gasteiger partial charge in [-0.05, 0) is 48.9 Å². The first-order valence-electron chi connectivity index (χ1n) is 9.14. The van der Waals surface area contributed by atoms with E-state index < -0.39 is 0 Å². The van der Waals surface area contributed by atoms with E-state index in [2.05, 4.69) is 5.32 Å². The van der Waals surface area contributed by atoms with E-state index in [1.165, 1.54) is 34.9 Å². The number of carbonyl (C=O) groups excluding carboxylic acids is 2. The third-order valence-corrected chi connectivity index (χ3v) is 5.77. The molecule has 0 aromatic heterocycles. The van der Waals surface area contributed by atoms with Crippen molar-refractivity contribution in [2.75, 3.05) is 18.5 Å². The number of hydrogen-bond acceptors (Lipinski definition) is 6. The number of phenolic OH excluding ortho intramolecular Hbond substituents is 1. The van der Waals surface area contributed by atoms with Crippen LogP contribution in [-0.2, 0) is 9.59 Å². The first kappa shape index (κ1) is 22.1. The predicted octanol–water partition coefficient (Wildman–Crippen LogP) is 4.67. The quantitative estimate of drug-likeness (QED) is 0.353. The molecule has 1 saturated heterocycles. The van der Waals surface area contributed by atoms with Gasteiger partial charge in [-0.15, -0.1) is 0 Å². The number of rotatable bonds is 7. The average Bonchev–Trinajstić information content (AvgIpc) is 2.97. The van der Waals surface area contributed by atoms with Gasteiger partial charge in [0.1, 0.15) is 15.8 Å². The molecule has 1 aliphatic heterocycles. The minimum atomic E-state index is -0.364. The number of aromatic hydroxyl groups is 1. The second-order valence-electron chi connectivity index (χ2n) is 6.30. The molecule has 1 fully saturated rings. The lowest BCUT2D eigenvalue weighted by molar-refractivity contribution is -0.122. The highest BCUT2D eigenvalue weighted by atomic mass is 35.5. The summed E-state index contributed by atoms with van der Waals surface area (Å²) in [6, 6.07) is 11.8. The summed E-state index contributed by atoms with van der Waals surface area (Å²) in [4.78, 5) is 26.8. The summed E-state index contributed by atoms with van der Waals surface area (Å²) in [7, 11) is 0. The number of benzene rings is 2. The number of nitrogens with zero attached hydrogens (tertiary/aromatic N) is 1. The lowest BCUT2D eigenvalue weighted by Crippen LogP contribution is -2.31. The van der Waals surface area contributed by atoms with Crippen molar-refractivity contribution in [2.45, 2.75) is 13.3 Å². The Bertz CT molecular complexity index is 1010. The van der Waals surface area contributed by atoms with Crippen LogP contribution in [0, 0.1) is 0 Å². The number of amides is 2. The summed E-state index contributed by atoms with van der Waals surface area (Å²) in [6.07, 6.45) is 1.79. The van der Waals surface area contributed by atoms with Gasteiger partial charge >= 0.3 is 0 Å². The second kappa shape index (κ2) is 9.97. The van der Waals surface area contributed by atoms with Gasteiger partial charge in [0.2, 0.25) is 5.91 Å². The summed E-state index contributed by atoms with van der Waals surface area (Å²) in [5.41, 5.74) is 1.07. The fourth-order valence-electron chi connectivity index (χ4n) is 2.71. The third-order valence-electron chi connectivity index (χ3n) is 4.16. The first-order chi connectivity index (χ1) is 14.4. The van der Waals surface area contributed by atoms with Crippen LogP contribution in [0.4, 0.5) is 5.69 Å². The zero-order valence-electron chi connectivity index (χ0n) is 16.1. The summed E-state index contributed by atoms with van der Waals surface area (Å²) in [5, 5.41) is 12.8. The molecule has 2 N–H and O–H groups in total. The summed E-state index contributed by atoms with van der Waals surface area (Å²) < 4.78 is 5.81. The van der Waals surface area contributed by atoms with Gasteiger partial charge in [0.15, 0.2) is 0 Å². The third kappa shape index (κ3) is 5.53. The molecule has 0 saturated carbocycles. The Morgan fingerprint density at radius 2 is 2.03 bits per heavy atom. The highest BCUT2D eigenvalue weighted by molar-refractivity contribution is 8.26. The molecule has 2 amide bonds. The van der Waals surface area contributed by atoms with Gasteiger partial charge in [0.05, 0.1) is 17.2 Å². The van der Waals surface area contributed by atoms with Crippen LogP contribution in [0.2, 0.25) is 5.02 Å². The summed E-state index contributed by atoms with van der Waals surface area (Å²) in [6.45, 7) is 2.64. The van der Waals surface area contributed by atoms with Crippen LogP contribution in [-0.4, -0.2) is 39.3 Å². The van der Waals surface area contributed by atoms with Crippen LogP contribution < -0.4 is 10.1 Å². The largest absolute Gasteiger partial charge is 0.506 e. The molecule has 0 bridgehead atoms. The van der Waals surface area contributed by atoms with E-state index in [0.717, 1.165) is 11.3 Å². The van der Waals surface area contributed by atoms with Crippen molar-refractivity contribution in [1.82, 2.24) is 4.90 Å². The maximum Gasteiger partial charge on any atom is 0.266 e. The molecule has 30 heavy (non-hydrogen) atoms. The second-order valence-corrected chi connectivity index (χ2v) is 8.41. The molecule has 1 heterocycles. The number of carbonyl (C=O) groups is 2. The zero-order chi connectivity index (χ0) is 21.7. The lowest BCUT2D eigenvalue weighted by atomic mass is 10.2. The highest BCUT2D eigenvalue weighted by Crippen LogP contribution is 2.33. The van der Waals surface area contributed by atoms with Crippen molar-refractivity contribution in [2.24, 2.45) is 0 Å². The molecule has 0 radical (unpaired) electrons. The molecule has 1 aliphatic rings. The van der Waals surface area contributed by atoms with Gasteiger partial charge in [-0.1, -0.05) is 47.7 Å². The van der Waals surface area contributed by atoms with Crippen molar-refractivity contribution < 1.29 is 19.4 Å². The van der Waals surface area contributed by atoms with Crippen LogP contribution in [0.15, 0.2) is 47.4 Å². The van der Waals surface area contributed by atoms with Crippen molar-refractivity contribution in [1.29, 1.82) is 0 Å². The fourth-order valence-corrected chi connectivity index (χ4v) is 4.19. The molecule has 0 unspecified atom stereocenters. The molecule has 9 heteroatoms. The number of hydrogen-bond donors (Lipinski definition) is 2. The van der Waals surface area contributed by atoms with E-state index in [1.807, 2.05) is 31.2 Å². The molecule has 2 aromatic carbocycles. The standard InChI is InChI=1S/C21H19ClN2O4S2/c1-2-28-15-6-3-13(4-7-15)11-18-20(27)24(21(29)30-18)10-9-19(26)23-16-12-14(22)5-8-17(16)25/h3-8,11-12,25H,2,9-10H2,1H3,(H,23,26)/b18-11+. The molecule has 3 rings (SSSR count). The van der Waals surface area contributed by atoms with Gasteiger partial charge in [0, 0.05) is 18.0 Å². The van der Waals surface area contributed by atoms with Gasteiger partial charge in [0.25, 0.3) is 5.91 Å². The normalized spacial score (nSPS) is 15.0. The van der Waals surface area contributed by atoms with Crippen molar-refractivity contribution >= 4 is 63.5 Å². The molecule has 6 nitrogen and oxygen atoms in total. The summed E-state index contributed by atoms with van der Waals surface area (Å²) >= 11 is 12.4. The van der Waals surface area contributed by atoms with Crippen molar-refractivity contribution in [3.05, 3.63) is 58.0 Å². The smallest absolute Gasteiger partial charge is 0.266 e. The minimum Gasteiger partial charge on any atom is -0.506 e. The number of ether oxygens (including phenoxy) is 1. The van der Waals surface area contributed by atoms with Crippen LogP contribution in [0.25, 0.3) is 6.08 Å². The number of anilines is 1. The first-order valence-corrected chi connectivity index (χ1v) is 10.7. The molecule has 156 valence electrons.